The number of phenols is 1. The van der Waals surface area contributed by atoms with Gasteiger partial charge in [-0.25, -0.2) is 0 Å². The lowest BCUT2D eigenvalue weighted by Gasteiger charge is -1.99. The van der Waals surface area contributed by atoms with Gasteiger partial charge in [0.15, 0.2) is 0 Å². The van der Waals surface area contributed by atoms with Crippen molar-refractivity contribution in [1.82, 2.24) is 10.2 Å². The maximum Gasteiger partial charge on any atom is 0.295 e. The molecular weight excluding hydrogens is 208 g/mol. The monoisotopic (exact) mass is 214 g/mol. The predicted molar refractivity (Wildman–Crippen MR) is 47.6 cm³/mol. The Morgan fingerprint density at radius 3 is 2.71 bits per heavy atom. The molecule has 0 aliphatic carbocycles. The standard InChI is InChI=1S/C7H6N2O4S/c10-4-1-6-5(3-8-9-6)7(2-4)14(11,12)13/h1-3,10H,(H,8,9)(H,11,12,13). The van der Waals surface area contributed by atoms with E-state index >= 15 is 0 Å². The van der Waals surface area contributed by atoms with Gasteiger partial charge in [0.1, 0.15) is 10.6 Å². The second-order valence-corrected chi connectivity index (χ2v) is 4.14. The SMILES string of the molecule is O=S(=O)(O)c1cc(O)cc2[nH]ncc12. The van der Waals surface area contributed by atoms with E-state index in [2.05, 4.69) is 10.2 Å². The van der Waals surface area contributed by atoms with Gasteiger partial charge in [0.25, 0.3) is 10.1 Å². The van der Waals surface area contributed by atoms with E-state index < -0.39 is 10.1 Å². The molecule has 0 amide bonds. The lowest BCUT2D eigenvalue weighted by Crippen LogP contribution is -1.98. The Bertz CT molecular complexity index is 587. The minimum atomic E-state index is -4.34. The smallest absolute Gasteiger partial charge is 0.295 e. The van der Waals surface area contributed by atoms with Crippen molar-refractivity contribution in [1.29, 1.82) is 0 Å². The zero-order valence-electron chi connectivity index (χ0n) is 6.80. The number of aromatic hydroxyl groups is 1. The normalized spacial score (nSPS) is 12.1. The van der Waals surface area contributed by atoms with Crippen molar-refractivity contribution < 1.29 is 18.1 Å². The lowest BCUT2D eigenvalue weighted by atomic mass is 10.2. The lowest BCUT2D eigenvalue weighted by molar-refractivity contribution is 0.468. The third kappa shape index (κ3) is 1.32. The molecule has 3 N–H and O–H groups in total. The van der Waals surface area contributed by atoms with Crippen LogP contribution in [0.2, 0.25) is 0 Å². The summed E-state index contributed by atoms with van der Waals surface area (Å²) < 4.78 is 30.6. The molecule has 0 aliphatic heterocycles. The van der Waals surface area contributed by atoms with Crippen molar-refractivity contribution >= 4 is 21.0 Å². The molecule has 0 bridgehead atoms. The molecule has 1 aromatic carbocycles. The molecule has 0 spiro atoms. The molecule has 0 saturated carbocycles. The topological polar surface area (TPSA) is 103 Å². The summed E-state index contributed by atoms with van der Waals surface area (Å²) in [5.41, 5.74) is 0.345. The summed E-state index contributed by atoms with van der Waals surface area (Å²) in [6.45, 7) is 0. The number of rotatable bonds is 1. The summed E-state index contributed by atoms with van der Waals surface area (Å²) in [7, 11) is -4.34. The van der Waals surface area contributed by atoms with Crippen LogP contribution in [0.1, 0.15) is 0 Å². The number of hydrogen-bond donors (Lipinski definition) is 3. The second kappa shape index (κ2) is 2.69. The molecule has 74 valence electrons. The van der Waals surface area contributed by atoms with Crippen LogP contribution in [0.4, 0.5) is 0 Å². The van der Waals surface area contributed by atoms with Crippen molar-refractivity contribution in [2.24, 2.45) is 0 Å². The number of benzene rings is 1. The molecule has 14 heavy (non-hydrogen) atoms. The first kappa shape index (κ1) is 8.97. The van der Waals surface area contributed by atoms with E-state index in [1.54, 1.807) is 0 Å². The molecule has 1 aromatic heterocycles. The van der Waals surface area contributed by atoms with Gasteiger partial charge in [-0.05, 0) is 0 Å². The van der Waals surface area contributed by atoms with Crippen molar-refractivity contribution in [3.8, 4) is 5.75 Å². The van der Waals surface area contributed by atoms with Crippen LogP contribution >= 0.6 is 0 Å². The van der Waals surface area contributed by atoms with E-state index in [1.807, 2.05) is 0 Å². The number of aromatic amines is 1. The van der Waals surface area contributed by atoms with E-state index in [1.165, 1.54) is 12.3 Å². The molecule has 0 saturated heterocycles. The summed E-state index contributed by atoms with van der Waals surface area (Å²) in [5.74, 6) is -0.255. The van der Waals surface area contributed by atoms with Crippen LogP contribution in [-0.4, -0.2) is 28.3 Å². The van der Waals surface area contributed by atoms with Gasteiger partial charge in [-0.15, -0.1) is 0 Å². The van der Waals surface area contributed by atoms with Crippen molar-refractivity contribution in [2.75, 3.05) is 0 Å². The number of phenolic OH excluding ortho intramolecular Hbond substituents is 1. The minimum Gasteiger partial charge on any atom is -0.508 e. The number of fused-ring (bicyclic) bond motifs is 1. The van der Waals surface area contributed by atoms with Gasteiger partial charge in [-0.1, -0.05) is 0 Å². The highest BCUT2D eigenvalue weighted by Gasteiger charge is 2.16. The summed E-state index contributed by atoms with van der Waals surface area (Å²) in [4.78, 5) is -0.360. The fraction of sp³-hybridized carbons (Fsp3) is 0. The zero-order valence-corrected chi connectivity index (χ0v) is 7.61. The zero-order chi connectivity index (χ0) is 10.3. The van der Waals surface area contributed by atoms with Gasteiger partial charge in [0, 0.05) is 17.5 Å². The largest absolute Gasteiger partial charge is 0.508 e. The van der Waals surface area contributed by atoms with E-state index in [9.17, 15) is 8.42 Å². The highest BCUT2D eigenvalue weighted by molar-refractivity contribution is 7.86. The summed E-state index contributed by atoms with van der Waals surface area (Å²) >= 11 is 0. The number of nitrogens with one attached hydrogen (secondary N) is 1. The fourth-order valence-electron chi connectivity index (χ4n) is 1.22. The van der Waals surface area contributed by atoms with Gasteiger partial charge >= 0.3 is 0 Å². The predicted octanol–water partition coefficient (Wildman–Crippen LogP) is 0.515. The van der Waals surface area contributed by atoms with Gasteiger partial charge in [-0.3, -0.25) is 9.65 Å². The average molecular weight is 214 g/mol. The molecule has 0 unspecified atom stereocenters. The Kier molecular flexibility index (Phi) is 1.73. The maximum atomic E-state index is 10.9. The van der Waals surface area contributed by atoms with Crippen LogP contribution < -0.4 is 0 Å². The van der Waals surface area contributed by atoms with E-state index in [0.29, 0.717) is 5.52 Å². The Balaban J connectivity index is 2.94. The average Bonchev–Trinajstić information content (AvgIpc) is 2.47. The molecule has 2 rings (SSSR count). The molecule has 6 nitrogen and oxygen atoms in total. The highest BCUT2D eigenvalue weighted by atomic mass is 32.2. The molecular formula is C7H6N2O4S. The molecule has 0 fully saturated rings. The van der Waals surface area contributed by atoms with Crippen LogP contribution in [0.5, 0.6) is 5.75 Å². The summed E-state index contributed by atoms with van der Waals surface area (Å²) in [5, 5.41) is 15.5. The number of H-pyrrole nitrogens is 1. The van der Waals surface area contributed by atoms with Crippen LogP contribution in [0.3, 0.4) is 0 Å². The van der Waals surface area contributed by atoms with Crippen molar-refractivity contribution in [3.63, 3.8) is 0 Å². The molecule has 0 aliphatic rings. The second-order valence-electron chi connectivity index (χ2n) is 2.75. The van der Waals surface area contributed by atoms with Gasteiger partial charge in [0.05, 0.1) is 11.7 Å². The number of nitrogens with zero attached hydrogens (tertiary/aromatic N) is 1. The number of aromatic nitrogens is 2. The van der Waals surface area contributed by atoms with Gasteiger partial charge in [-0.2, -0.15) is 13.5 Å². The molecule has 0 atom stereocenters. The maximum absolute atomic E-state index is 10.9. The third-order valence-corrected chi connectivity index (χ3v) is 2.68. The first-order chi connectivity index (χ1) is 6.48. The quantitative estimate of drug-likeness (QED) is 0.600. The molecule has 7 heteroatoms. The molecule has 0 radical (unpaired) electrons. The van der Waals surface area contributed by atoms with E-state index in [0.717, 1.165) is 6.07 Å². The highest BCUT2D eigenvalue weighted by Crippen LogP contribution is 2.26. The summed E-state index contributed by atoms with van der Waals surface area (Å²) in [6.07, 6.45) is 1.26. The minimum absolute atomic E-state index is 0.241. The van der Waals surface area contributed by atoms with Gasteiger partial charge in [0.2, 0.25) is 0 Å². The van der Waals surface area contributed by atoms with Crippen LogP contribution in [-0.2, 0) is 10.1 Å². The van der Waals surface area contributed by atoms with Crippen molar-refractivity contribution in [2.45, 2.75) is 4.90 Å². The Labute approximate surface area is 78.9 Å². The van der Waals surface area contributed by atoms with Crippen LogP contribution in [0.15, 0.2) is 23.2 Å². The van der Waals surface area contributed by atoms with Gasteiger partial charge < -0.3 is 5.11 Å². The fourth-order valence-corrected chi connectivity index (χ4v) is 1.93. The summed E-state index contributed by atoms with van der Waals surface area (Å²) in [6, 6.07) is 2.28. The van der Waals surface area contributed by atoms with E-state index in [4.69, 9.17) is 9.66 Å². The molecule has 2 aromatic rings. The van der Waals surface area contributed by atoms with Crippen molar-refractivity contribution in [3.05, 3.63) is 18.3 Å². The Morgan fingerprint density at radius 2 is 2.07 bits per heavy atom. The first-order valence-corrected chi connectivity index (χ1v) is 5.06. The van der Waals surface area contributed by atoms with Crippen LogP contribution in [0, 0.1) is 0 Å². The number of hydrogen-bond acceptors (Lipinski definition) is 4. The third-order valence-electron chi connectivity index (χ3n) is 1.78. The van der Waals surface area contributed by atoms with Crippen LogP contribution in [0.25, 0.3) is 10.9 Å². The Morgan fingerprint density at radius 1 is 1.36 bits per heavy atom. The first-order valence-electron chi connectivity index (χ1n) is 3.62. The van der Waals surface area contributed by atoms with E-state index in [-0.39, 0.29) is 16.0 Å². The Hall–Kier alpha value is -1.60. The molecule has 1 heterocycles.